The maximum Gasteiger partial charge on any atom is 0.325 e. The van der Waals surface area contributed by atoms with E-state index in [2.05, 4.69) is 38.0 Å². The van der Waals surface area contributed by atoms with Crippen LogP contribution in [0.15, 0.2) is 24.4 Å². The highest BCUT2D eigenvalue weighted by Gasteiger charge is 2.69. The van der Waals surface area contributed by atoms with E-state index in [0.29, 0.717) is 38.2 Å². The highest BCUT2D eigenvalue weighted by molar-refractivity contribution is 6.07. The van der Waals surface area contributed by atoms with Crippen LogP contribution >= 0.6 is 0 Å². The van der Waals surface area contributed by atoms with Crippen molar-refractivity contribution in [3.05, 3.63) is 30.1 Å². The number of carbonyl (C=O) groups excluding carboxylic acids is 3. The Morgan fingerprint density at radius 1 is 1.12 bits per heavy atom. The molecule has 8 nitrogen and oxygen atoms in total. The average molecular weight is 469 g/mol. The largest absolute Gasteiger partial charge is 0.376 e. The lowest BCUT2D eigenvalue weighted by Gasteiger charge is -2.40. The summed E-state index contributed by atoms with van der Waals surface area (Å²) in [6.07, 6.45) is 4.61. The van der Waals surface area contributed by atoms with Crippen LogP contribution in [0.4, 0.5) is 4.79 Å². The molecular weight excluding hydrogens is 432 g/mol. The van der Waals surface area contributed by atoms with Gasteiger partial charge in [-0.2, -0.15) is 0 Å². The number of nitrogens with one attached hydrogen (secondary N) is 1. The van der Waals surface area contributed by atoms with Gasteiger partial charge in [0, 0.05) is 37.7 Å². The number of rotatable bonds is 5. The molecule has 3 aliphatic heterocycles. The number of piperidine rings is 1. The predicted octanol–water partition coefficient (Wildman–Crippen LogP) is 2.93. The summed E-state index contributed by atoms with van der Waals surface area (Å²) in [4.78, 5) is 48.0. The lowest BCUT2D eigenvalue weighted by Crippen LogP contribution is -2.55. The predicted molar refractivity (Wildman–Crippen MR) is 125 cm³/mol. The maximum absolute atomic E-state index is 13.9. The lowest BCUT2D eigenvalue weighted by atomic mass is 9.75. The quantitative estimate of drug-likeness (QED) is 0.671. The first-order chi connectivity index (χ1) is 16.1. The zero-order chi connectivity index (χ0) is 24.3. The Morgan fingerprint density at radius 2 is 1.82 bits per heavy atom. The molecule has 0 aromatic carbocycles. The molecule has 0 unspecified atom stereocenters. The van der Waals surface area contributed by atoms with Gasteiger partial charge in [0.1, 0.15) is 0 Å². The van der Waals surface area contributed by atoms with E-state index in [9.17, 15) is 14.4 Å². The van der Waals surface area contributed by atoms with Crippen molar-refractivity contribution in [1.29, 1.82) is 0 Å². The molecular formula is C26H36N4O4. The van der Waals surface area contributed by atoms with Gasteiger partial charge in [-0.3, -0.25) is 19.5 Å². The van der Waals surface area contributed by atoms with Gasteiger partial charge in [0.25, 0.3) is 5.91 Å². The molecule has 4 amide bonds. The SMILES string of the molecule is CC1(C)C(C(=O)N2CCC([C@]3(c4ccccn4)NC(=O)N(C[C@@H]4CCCO4)C3=O)CC2)C1(C)C. The summed E-state index contributed by atoms with van der Waals surface area (Å²) in [5.74, 6) is -0.156. The molecule has 1 saturated carbocycles. The smallest absolute Gasteiger partial charge is 0.325 e. The van der Waals surface area contributed by atoms with E-state index in [0.717, 1.165) is 12.8 Å². The van der Waals surface area contributed by atoms with Gasteiger partial charge in [0.15, 0.2) is 5.54 Å². The van der Waals surface area contributed by atoms with Crippen molar-refractivity contribution in [2.45, 2.75) is 65.0 Å². The standard InChI is InChI=1S/C26H36N4O4/c1-24(2)20(25(24,3)4)21(31)29-13-10-17(11-14-29)26(19-9-5-6-12-27-19)22(32)30(23(33)28-26)16-18-8-7-15-34-18/h5-6,9,12,17-18,20H,7-8,10-11,13-16H2,1-4H3,(H,28,33)/t18-,26+/m0/s1. The number of carbonyl (C=O) groups is 3. The van der Waals surface area contributed by atoms with Crippen molar-refractivity contribution in [1.82, 2.24) is 20.1 Å². The molecule has 0 bridgehead atoms. The van der Waals surface area contributed by atoms with E-state index in [1.54, 1.807) is 6.20 Å². The minimum atomic E-state index is -1.20. The molecule has 4 aliphatic rings. The monoisotopic (exact) mass is 468 g/mol. The van der Waals surface area contributed by atoms with Gasteiger partial charge in [-0.1, -0.05) is 33.8 Å². The summed E-state index contributed by atoms with van der Waals surface area (Å²) < 4.78 is 5.70. The second-order valence-corrected chi connectivity index (χ2v) is 11.5. The molecule has 5 rings (SSSR count). The molecule has 4 heterocycles. The summed E-state index contributed by atoms with van der Waals surface area (Å²) >= 11 is 0. The second-order valence-electron chi connectivity index (χ2n) is 11.5. The number of likely N-dealkylation sites (tertiary alicyclic amines) is 1. The Hall–Kier alpha value is -2.48. The molecule has 2 atom stereocenters. The average Bonchev–Trinajstić information content (AvgIpc) is 3.22. The van der Waals surface area contributed by atoms with E-state index in [1.165, 1.54) is 4.90 Å². The third-order valence-corrected chi connectivity index (χ3v) is 9.30. The van der Waals surface area contributed by atoms with Gasteiger partial charge >= 0.3 is 6.03 Å². The molecule has 34 heavy (non-hydrogen) atoms. The summed E-state index contributed by atoms with van der Waals surface area (Å²) in [6.45, 7) is 10.7. The summed E-state index contributed by atoms with van der Waals surface area (Å²) in [6, 6.07) is 5.09. The van der Waals surface area contributed by atoms with Crippen molar-refractivity contribution >= 4 is 17.8 Å². The maximum atomic E-state index is 13.9. The van der Waals surface area contributed by atoms with Crippen LogP contribution in [-0.2, 0) is 19.9 Å². The van der Waals surface area contributed by atoms with Gasteiger partial charge in [-0.25, -0.2) is 4.79 Å². The Bertz CT molecular complexity index is 966. The highest BCUT2D eigenvalue weighted by atomic mass is 16.5. The molecule has 0 radical (unpaired) electrons. The lowest BCUT2D eigenvalue weighted by molar-refractivity contribution is -0.138. The minimum Gasteiger partial charge on any atom is -0.376 e. The number of pyridine rings is 1. The third kappa shape index (κ3) is 3.36. The normalized spacial score (nSPS) is 31.1. The molecule has 1 aliphatic carbocycles. The molecule has 184 valence electrons. The first kappa shape index (κ1) is 23.3. The van der Waals surface area contributed by atoms with E-state index in [1.807, 2.05) is 23.1 Å². The fourth-order valence-corrected chi connectivity index (χ4v) is 6.54. The van der Waals surface area contributed by atoms with E-state index in [-0.39, 0.29) is 53.2 Å². The van der Waals surface area contributed by atoms with Crippen LogP contribution in [0.2, 0.25) is 0 Å². The molecule has 1 N–H and O–H groups in total. The van der Waals surface area contributed by atoms with Crippen molar-refractivity contribution < 1.29 is 19.1 Å². The molecule has 0 spiro atoms. The summed E-state index contributed by atoms with van der Waals surface area (Å²) in [7, 11) is 0. The van der Waals surface area contributed by atoms with Gasteiger partial charge in [0.2, 0.25) is 5.91 Å². The summed E-state index contributed by atoms with van der Waals surface area (Å²) in [5, 5.41) is 3.05. The Balaban J connectivity index is 1.37. The van der Waals surface area contributed by atoms with Gasteiger partial charge < -0.3 is 15.0 Å². The second kappa shape index (κ2) is 8.04. The van der Waals surface area contributed by atoms with Gasteiger partial charge in [0.05, 0.1) is 18.3 Å². The van der Waals surface area contributed by atoms with Crippen LogP contribution in [0.5, 0.6) is 0 Å². The number of ether oxygens (including phenoxy) is 1. The van der Waals surface area contributed by atoms with Crippen LogP contribution < -0.4 is 5.32 Å². The van der Waals surface area contributed by atoms with E-state index >= 15 is 0 Å². The third-order valence-electron chi connectivity index (χ3n) is 9.30. The van der Waals surface area contributed by atoms with Crippen LogP contribution in [-0.4, -0.2) is 65.0 Å². The number of hydrogen-bond acceptors (Lipinski definition) is 5. The Kier molecular flexibility index (Phi) is 5.50. The van der Waals surface area contributed by atoms with Gasteiger partial charge in [-0.15, -0.1) is 0 Å². The topological polar surface area (TPSA) is 91.8 Å². The Labute approximate surface area is 201 Å². The first-order valence-electron chi connectivity index (χ1n) is 12.6. The number of hydrogen-bond donors (Lipinski definition) is 1. The molecule has 1 aromatic rings. The van der Waals surface area contributed by atoms with E-state index in [4.69, 9.17) is 4.74 Å². The molecule has 8 heteroatoms. The fourth-order valence-electron chi connectivity index (χ4n) is 6.54. The van der Waals surface area contributed by atoms with Crippen molar-refractivity contribution in [3.8, 4) is 0 Å². The number of nitrogens with zero attached hydrogens (tertiary/aromatic N) is 3. The Morgan fingerprint density at radius 3 is 2.38 bits per heavy atom. The summed E-state index contributed by atoms with van der Waals surface area (Å²) in [5.41, 5.74) is -0.648. The van der Waals surface area contributed by atoms with Crippen LogP contribution in [0.25, 0.3) is 0 Å². The van der Waals surface area contributed by atoms with Crippen LogP contribution in [0.1, 0.15) is 59.1 Å². The molecule has 4 fully saturated rings. The number of amides is 4. The van der Waals surface area contributed by atoms with E-state index < -0.39 is 5.54 Å². The number of aromatic nitrogens is 1. The van der Waals surface area contributed by atoms with Crippen molar-refractivity contribution in [2.24, 2.45) is 22.7 Å². The van der Waals surface area contributed by atoms with Gasteiger partial charge in [-0.05, 0) is 48.6 Å². The zero-order valence-corrected chi connectivity index (χ0v) is 20.7. The first-order valence-corrected chi connectivity index (χ1v) is 12.6. The minimum absolute atomic E-state index is 0.00564. The molecule has 3 saturated heterocycles. The fraction of sp³-hybridized carbons (Fsp3) is 0.692. The highest BCUT2D eigenvalue weighted by Crippen LogP contribution is 2.68. The van der Waals surface area contributed by atoms with Crippen LogP contribution in [0, 0.1) is 22.7 Å². The van der Waals surface area contributed by atoms with Crippen LogP contribution in [0.3, 0.4) is 0 Å². The van der Waals surface area contributed by atoms with Crippen molar-refractivity contribution in [2.75, 3.05) is 26.2 Å². The number of urea groups is 1. The number of imide groups is 1. The molecule has 1 aromatic heterocycles. The zero-order valence-electron chi connectivity index (χ0n) is 20.7. The van der Waals surface area contributed by atoms with Crippen molar-refractivity contribution in [3.63, 3.8) is 0 Å².